The Balaban J connectivity index is 1.74. The van der Waals surface area contributed by atoms with E-state index in [1.165, 1.54) is 18.9 Å². The number of nitrogens with zero attached hydrogens (tertiary/aromatic N) is 3. The van der Waals surface area contributed by atoms with E-state index in [2.05, 4.69) is 25.8 Å². The van der Waals surface area contributed by atoms with Gasteiger partial charge in [0.25, 0.3) is 0 Å². The molecule has 0 unspecified atom stereocenters. The summed E-state index contributed by atoms with van der Waals surface area (Å²) in [6.07, 6.45) is 4.22. The van der Waals surface area contributed by atoms with Crippen LogP contribution in [0.5, 0.6) is 0 Å². The second-order valence-electron chi connectivity index (χ2n) is 5.52. The lowest BCUT2D eigenvalue weighted by atomic mass is 10.1. The molecule has 2 heterocycles. The largest absolute Gasteiger partial charge is 0.468 e. The van der Waals surface area contributed by atoms with Crippen molar-refractivity contribution in [3.63, 3.8) is 0 Å². The number of methoxy groups -OCH3 is 1. The summed E-state index contributed by atoms with van der Waals surface area (Å²) >= 11 is 1.38. The van der Waals surface area contributed by atoms with Crippen LogP contribution in [0.1, 0.15) is 18.9 Å². The van der Waals surface area contributed by atoms with Gasteiger partial charge in [-0.3, -0.25) is 9.36 Å². The molecule has 1 fully saturated rings. The normalized spacial score (nSPS) is 14.3. The molecule has 3 aromatic rings. The van der Waals surface area contributed by atoms with Gasteiger partial charge < -0.3 is 9.72 Å². The van der Waals surface area contributed by atoms with Crippen molar-refractivity contribution in [1.29, 1.82) is 0 Å². The Morgan fingerprint density at radius 1 is 1.39 bits per heavy atom. The maximum absolute atomic E-state index is 11.4. The zero-order valence-corrected chi connectivity index (χ0v) is 13.5. The van der Waals surface area contributed by atoms with E-state index in [9.17, 15) is 4.79 Å². The molecule has 0 amide bonds. The van der Waals surface area contributed by atoms with E-state index in [1.807, 2.05) is 24.4 Å². The van der Waals surface area contributed by atoms with Crippen LogP contribution < -0.4 is 0 Å². The van der Waals surface area contributed by atoms with Crippen molar-refractivity contribution in [2.75, 3.05) is 12.9 Å². The van der Waals surface area contributed by atoms with Crippen molar-refractivity contribution in [1.82, 2.24) is 19.7 Å². The van der Waals surface area contributed by atoms with Crippen LogP contribution in [0.25, 0.3) is 22.3 Å². The third kappa shape index (κ3) is 2.61. The van der Waals surface area contributed by atoms with Gasteiger partial charge >= 0.3 is 5.97 Å². The number of carbonyl (C=O) groups is 1. The van der Waals surface area contributed by atoms with Crippen LogP contribution in [0.3, 0.4) is 0 Å². The summed E-state index contributed by atoms with van der Waals surface area (Å²) in [5.74, 6) is 0.848. The molecule has 0 aliphatic heterocycles. The molecular weight excluding hydrogens is 312 g/mol. The van der Waals surface area contributed by atoms with E-state index in [0.29, 0.717) is 6.04 Å². The molecule has 1 N–H and O–H groups in total. The van der Waals surface area contributed by atoms with Crippen molar-refractivity contribution in [2.24, 2.45) is 0 Å². The SMILES string of the molecule is COC(=O)CSc1nnc(-c2c[nH]c3ccccc23)n1C1CC1. The predicted molar refractivity (Wildman–Crippen MR) is 88.3 cm³/mol. The van der Waals surface area contributed by atoms with Crippen molar-refractivity contribution in [2.45, 2.75) is 24.0 Å². The third-order valence-electron chi connectivity index (χ3n) is 3.95. The van der Waals surface area contributed by atoms with Gasteiger partial charge in [-0.2, -0.15) is 0 Å². The first kappa shape index (κ1) is 14.3. The minimum atomic E-state index is -0.256. The lowest BCUT2D eigenvalue weighted by Crippen LogP contribution is -2.05. The zero-order chi connectivity index (χ0) is 15.8. The molecule has 0 bridgehead atoms. The Morgan fingerprint density at radius 2 is 2.22 bits per heavy atom. The first-order valence-corrected chi connectivity index (χ1v) is 8.47. The topological polar surface area (TPSA) is 72.8 Å². The molecule has 0 saturated heterocycles. The second-order valence-corrected chi connectivity index (χ2v) is 6.46. The minimum Gasteiger partial charge on any atom is -0.468 e. The number of hydrogen-bond acceptors (Lipinski definition) is 5. The van der Waals surface area contributed by atoms with Crippen molar-refractivity contribution in [3.05, 3.63) is 30.5 Å². The number of para-hydroxylation sites is 1. The molecule has 23 heavy (non-hydrogen) atoms. The van der Waals surface area contributed by atoms with Gasteiger partial charge in [0, 0.05) is 28.7 Å². The number of H-pyrrole nitrogens is 1. The van der Waals surface area contributed by atoms with E-state index in [0.717, 1.165) is 40.3 Å². The van der Waals surface area contributed by atoms with Gasteiger partial charge in [0.15, 0.2) is 11.0 Å². The predicted octanol–water partition coefficient (Wildman–Crippen LogP) is 3.03. The fraction of sp³-hybridized carbons (Fsp3) is 0.312. The Bertz CT molecular complexity index is 866. The van der Waals surface area contributed by atoms with Crippen LogP contribution in [0.2, 0.25) is 0 Å². The lowest BCUT2D eigenvalue weighted by Gasteiger charge is -2.07. The zero-order valence-electron chi connectivity index (χ0n) is 12.7. The van der Waals surface area contributed by atoms with Crippen molar-refractivity contribution in [3.8, 4) is 11.4 Å². The molecule has 1 aliphatic carbocycles. The number of benzene rings is 1. The maximum Gasteiger partial charge on any atom is 0.316 e. The fourth-order valence-electron chi connectivity index (χ4n) is 2.66. The standard InChI is InChI=1S/C16H16N4O2S/c1-22-14(21)9-23-16-19-18-15(20(16)10-6-7-10)12-8-17-13-5-3-2-4-11(12)13/h2-5,8,10,17H,6-7,9H2,1H3. The summed E-state index contributed by atoms with van der Waals surface area (Å²) in [4.78, 5) is 14.7. The van der Waals surface area contributed by atoms with E-state index in [1.54, 1.807) is 0 Å². The van der Waals surface area contributed by atoms with Crippen LogP contribution in [0.4, 0.5) is 0 Å². The van der Waals surface area contributed by atoms with Gasteiger partial charge in [-0.05, 0) is 18.9 Å². The average molecular weight is 328 g/mol. The number of thioether (sulfide) groups is 1. The molecule has 0 atom stereocenters. The molecule has 0 radical (unpaired) electrons. The monoisotopic (exact) mass is 328 g/mol. The Labute approximate surface area is 137 Å². The first-order valence-electron chi connectivity index (χ1n) is 7.49. The number of nitrogens with one attached hydrogen (secondary N) is 1. The van der Waals surface area contributed by atoms with Crippen LogP contribution in [0.15, 0.2) is 35.6 Å². The molecule has 6 nitrogen and oxygen atoms in total. The lowest BCUT2D eigenvalue weighted by molar-refractivity contribution is -0.137. The first-order chi connectivity index (χ1) is 11.3. The van der Waals surface area contributed by atoms with E-state index in [4.69, 9.17) is 4.74 Å². The Hall–Kier alpha value is -2.28. The van der Waals surface area contributed by atoms with E-state index < -0.39 is 0 Å². The van der Waals surface area contributed by atoms with Crippen molar-refractivity contribution < 1.29 is 9.53 Å². The summed E-state index contributed by atoms with van der Waals surface area (Å²) in [5, 5.41) is 10.6. The van der Waals surface area contributed by atoms with Crippen LogP contribution >= 0.6 is 11.8 Å². The average Bonchev–Trinajstić information content (AvgIpc) is 3.19. The van der Waals surface area contributed by atoms with Gasteiger partial charge in [-0.15, -0.1) is 10.2 Å². The summed E-state index contributed by atoms with van der Waals surface area (Å²) < 4.78 is 6.86. The van der Waals surface area contributed by atoms with Gasteiger partial charge in [0.2, 0.25) is 0 Å². The number of hydrogen-bond donors (Lipinski definition) is 1. The van der Waals surface area contributed by atoms with E-state index in [-0.39, 0.29) is 11.7 Å². The smallest absolute Gasteiger partial charge is 0.316 e. The Kier molecular flexibility index (Phi) is 3.57. The highest BCUT2D eigenvalue weighted by Crippen LogP contribution is 2.42. The third-order valence-corrected chi connectivity index (χ3v) is 4.87. The number of aromatic amines is 1. The van der Waals surface area contributed by atoms with Crippen LogP contribution in [-0.4, -0.2) is 38.6 Å². The highest BCUT2D eigenvalue weighted by atomic mass is 32.2. The molecule has 7 heteroatoms. The highest BCUT2D eigenvalue weighted by molar-refractivity contribution is 7.99. The second kappa shape index (κ2) is 5.73. The van der Waals surface area contributed by atoms with Gasteiger partial charge in [-0.1, -0.05) is 30.0 Å². The van der Waals surface area contributed by atoms with Gasteiger partial charge in [0.05, 0.1) is 12.9 Å². The van der Waals surface area contributed by atoms with Gasteiger partial charge in [-0.25, -0.2) is 0 Å². The minimum absolute atomic E-state index is 0.245. The highest BCUT2D eigenvalue weighted by Gasteiger charge is 2.31. The molecule has 118 valence electrons. The molecule has 1 aliphatic rings. The van der Waals surface area contributed by atoms with Crippen molar-refractivity contribution >= 4 is 28.6 Å². The molecule has 2 aromatic heterocycles. The van der Waals surface area contributed by atoms with Crippen LogP contribution in [-0.2, 0) is 9.53 Å². The number of esters is 1. The molecular formula is C16H16N4O2S. The number of ether oxygens (including phenoxy) is 1. The molecule has 0 spiro atoms. The quantitative estimate of drug-likeness (QED) is 0.576. The summed E-state index contributed by atoms with van der Waals surface area (Å²) in [7, 11) is 1.39. The maximum atomic E-state index is 11.4. The van der Waals surface area contributed by atoms with Crippen LogP contribution in [0, 0.1) is 0 Å². The van der Waals surface area contributed by atoms with Gasteiger partial charge in [0.1, 0.15) is 0 Å². The molecule has 1 aromatic carbocycles. The summed E-state index contributed by atoms with van der Waals surface area (Å²) in [6, 6.07) is 8.57. The molecule has 4 rings (SSSR count). The fourth-order valence-corrected chi connectivity index (χ4v) is 3.50. The number of carbonyl (C=O) groups excluding carboxylic acids is 1. The number of fused-ring (bicyclic) bond motifs is 1. The number of aromatic nitrogens is 4. The summed E-state index contributed by atoms with van der Waals surface area (Å²) in [6.45, 7) is 0. The summed E-state index contributed by atoms with van der Waals surface area (Å²) in [5.41, 5.74) is 2.13. The molecule has 1 saturated carbocycles. The van der Waals surface area contributed by atoms with E-state index >= 15 is 0 Å². The Morgan fingerprint density at radius 3 is 3.00 bits per heavy atom. The number of rotatable bonds is 5.